The molecule has 2 N–H and O–H groups in total. The van der Waals surface area contributed by atoms with Crippen LogP contribution in [0.4, 0.5) is 0 Å². The summed E-state index contributed by atoms with van der Waals surface area (Å²) < 4.78 is 0. The van der Waals surface area contributed by atoms with Gasteiger partial charge >= 0.3 is 0 Å². The molecule has 0 bridgehead atoms. The third-order valence-electron chi connectivity index (χ3n) is 1.70. The van der Waals surface area contributed by atoms with Gasteiger partial charge in [0.15, 0.2) is 0 Å². The molecule has 2 nitrogen and oxygen atoms in total. The maximum absolute atomic E-state index is 4.02. The standard InChI is InChI=1S/C8H14N2S/c1-7-5-10-8(6-9-7)3-2-4-11/h7-11H,4-6H2,1H3/t7-,8-/m0/s1. The molecule has 1 aliphatic heterocycles. The highest BCUT2D eigenvalue weighted by Gasteiger charge is 2.13. The van der Waals surface area contributed by atoms with E-state index in [9.17, 15) is 0 Å². The number of hydrogen-bond donors (Lipinski definition) is 3. The van der Waals surface area contributed by atoms with Crippen LogP contribution in [0.1, 0.15) is 6.92 Å². The first-order valence-corrected chi connectivity index (χ1v) is 4.52. The Morgan fingerprint density at radius 3 is 2.82 bits per heavy atom. The van der Waals surface area contributed by atoms with Crippen LogP contribution in [0, 0.1) is 11.8 Å². The highest BCUT2D eigenvalue weighted by molar-refractivity contribution is 7.80. The molecule has 0 radical (unpaired) electrons. The largest absolute Gasteiger partial charge is 0.310 e. The van der Waals surface area contributed by atoms with Crippen molar-refractivity contribution in [3.8, 4) is 11.8 Å². The maximum atomic E-state index is 4.02. The molecule has 0 aliphatic carbocycles. The minimum absolute atomic E-state index is 0.318. The van der Waals surface area contributed by atoms with E-state index < -0.39 is 0 Å². The lowest BCUT2D eigenvalue weighted by atomic mass is 10.2. The summed E-state index contributed by atoms with van der Waals surface area (Å²) >= 11 is 4.02. The van der Waals surface area contributed by atoms with Gasteiger partial charge in [0.25, 0.3) is 0 Å². The Bertz CT molecular complexity index is 163. The predicted molar refractivity (Wildman–Crippen MR) is 50.9 cm³/mol. The van der Waals surface area contributed by atoms with Crippen LogP contribution < -0.4 is 10.6 Å². The van der Waals surface area contributed by atoms with E-state index in [1.54, 1.807) is 0 Å². The van der Waals surface area contributed by atoms with Gasteiger partial charge in [0, 0.05) is 19.1 Å². The number of piperazine rings is 1. The van der Waals surface area contributed by atoms with E-state index in [2.05, 4.69) is 42.0 Å². The summed E-state index contributed by atoms with van der Waals surface area (Å²) in [7, 11) is 0. The van der Waals surface area contributed by atoms with E-state index in [-0.39, 0.29) is 0 Å². The normalized spacial score (nSPS) is 30.7. The zero-order chi connectivity index (χ0) is 8.10. The first-order valence-electron chi connectivity index (χ1n) is 3.89. The van der Waals surface area contributed by atoms with Crippen molar-refractivity contribution in [1.29, 1.82) is 0 Å². The minimum Gasteiger partial charge on any atom is -0.310 e. The number of hydrogen-bond acceptors (Lipinski definition) is 3. The Morgan fingerprint density at radius 1 is 1.45 bits per heavy atom. The van der Waals surface area contributed by atoms with Crippen molar-refractivity contribution in [3.63, 3.8) is 0 Å². The molecule has 1 saturated heterocycles. The number of nitrogens with one attached hydrogen (secondary N) is 2. The molecular formula is C8H14N2S. The summed E-state index contributed by atoms with van der Waals surface area (Å²) in [6.45, 7) is 4.11. The van der Waals surface area contributed by atoms with Crippen LogP contribution in [0.5, 0.6) is 0 Å². The topological polar surface area (TPSA) is 24.1 Å². The molecule has 0 aromatic carbocycles. The lowest BCUT2D eigenvalue weighted by Gasteiger charge is -2.25. The van der Waals surface area contributed by atoms with Crippen LogP contribution in [-0.4, -0.2) is 30.9 Å². The van der Waals surface area contributed by atoms with Gasteiger partial charge in [-0.15, -0.1) is 0 Å². The zero-order valence-electron chi connectivity index (χ0n) is 6.72. The van der Waals surface area contributed by atoms with Crippen LogP contribution in [-0.2, 0) is 0 Å². The predicted octanol–water partition coefficient (Wildman–Crippen LogP) is -0.131. The smallest absolute Gasteiger partial charge is 0.0816 e. The minimum atomic E-state index is 0.318. The zero-order valence-corrected chi connectivity index (χ0v) is 7.62. The Hall–Kier alpha value is -0.170. The van der Waals surface area contributed by atoms with Gasteiger partial charge in [-0.05, 0) is 6.92 Å². The Labute approximate surface area is 73.5 Å². The molecule has 1 heterocycles. The van der Waals surface area contributed by atoms with E-state index in [0.717, 1.165) is 13.1 Å². The van der Waals surface area contributed by atoms with Crippen LogP contribution in [0.2, 0.25) is 0 Å². The van der Waals surface area contributed by atoms with Gasteiger partial charge in [-0.2, -0.15) is 12.6 Å². The molecule has 0 aromatic heterocycles. The summed E-state index contributed by atoms with van der Waals surface area (Å²) in [6, 6.07) is 0.891. The van der Waals surface area contributed by atoms with E-state index in [4.69, 9.17) is 0 Å². The first-order chi connectivity index (χ1) is 5.33. The third-order valence-corrected chi connectivity index (χ3v) is 1.85. The molecular weight excluding hydrogens is 156 g/mol. The van der Waals surface area contributed by atoms with Crippen LogP contribution >= 0.6 is 12.6 Å². The molecule has 3 heteroatoms. The summed E-state index contributed by atoms with van der Waals surface area (Å²) in [5, 5.41) is 6.68. The molecule has 0 amide bonds. The van der Waals surface area contributed by atoms with Gasteiger partial charge < -0.3 is 10.6 Å². The number of rotatable bonds is 0. The average molecular weight is 170 g/mol. The second kappa shape index (κ2) is 4.66. The van der Waals surface area contributed by atoms with Crippen LogP contribution in [0.15, 0.2) is 0 Å². The third kappa shape index (κ3) is 3.15. The fraction of sp³-hybridized carbons (Fsp3) is 0.750. The number of thiol groups is 1. The monoisotopic (exact) mass is 170 g/mol. The molecule has 62 valence electrons. The van der Waals surface area contributed by atoms with Crippen molar-refractivity contribution < 1.29 is 0 Å². The molecule has 2 atom stereocenters. The van der Waals surface area contributed by atoms with Crippen molar-refractivity contribution in [2.24, 2.45) is 0 Å². The summed E-state index contributed by atoms with van der Waals surface area (Å²) in [6.07, 6.45) is 0. The fourth-order valence-corrected chi connectivity index (χ4v) is 1.14. The highest BCUT2D eigenvalue weighted by atomic mass is 32.1. The SMILES string of the molecule is C[C@H]1CN[C@@H](C#CCS)CN1. The summed E-state index contributed by atoms with van der Waals surface area (Å²) in [5.74, 6) is 6.68. The first kappa shape index (κ1) is 8.92. The average Bonchev–Trinajstić information content (AvgIpc) is 2.04. The van der Waals surface area contributed by atoms with Gasteiger partial charge in [0.1, 0.15) is 0 Å². The van der Waals surface area contributed by atoms with E-state index in [1.807, 2.05) is 0 Å². The summed E-state index contributed by atoms with van der Waals surface area (Å²) in [5.41, 5.74) is 0. The van der Waals surface area contributed by atoms with Crippen LogP contribution in [0.25, 0.3) is 0 Å². The molecule has 1 rings (SSSR count). The second-order valence-electron chi connectivity index (χ2n) is 2.75. The van der Waals surface area contributed by atoms with Crippen molar-refractivity contribution in [2.75, 3.05) is 18.8 Å². The fourth-order valence-electron chi connectivity index (χ4n) is 1.05. The van der Waals surface area contributed by atoms with Crippen molar-refractivity contribution in [1.82, 2.24) is 10.6 Å². The van der Waals surface area contributed by atoms with Crippen LogP contribution in [0.3, 0.4) is 0 Å². The van der Waals surface area contributed by atoms with E-state index in [0.29, 0.717) is 17.8 Å². The van der Waals surface area contributed by atoms with Gasteiger partial charge in [0.05, 0.1) is 11.8 Å². The Morgan fingerprint density at radius 2 is 2.27 bits per heavy atom. The molecule has 1 aliphatic rings. The Kier molecular flexibility index (Phi) is 3.78. The molecule has 0 saturated carbocycles. The van der Waals surface area contributed by atoms with Gasteiger partial charge in [-0.1, -0.05) is 11.8 Å². The van der Waals surface area contributed by atoms with Crippen molar-refractivity contribution in [2.45, 2.75) is 19.0 Å². The lowest BCUT2D eigenvalue weighted by Crippen LogP contribution is -2.52. The summed E-state index contributed by atoms with van der Waals surface area (Å²) in [4.78, 5) is 0. The molecule has 0 spiro atoms. The van der Waals surface area contributed by atoms with Gasteiger partial charge in [0.2, 0.25) is 0 Å². The molecule has 11 heavy (non-hydrogen) atoms. The van der Waals surface area contributed by atoms with Gasteiger partial charge in [-0.3, -0.25) is 0 Å². The molecule has 1 fully saturated rings. The molecule has 0 unspecified atom stereocenters. The quantitative estimate of drug-likeness (QED) is 0.348. The van der Waals surface area contributed by atoms with E-state index in [1.165, 1.54) is 0 Å². The molecule has 0 aromatic rings. The second-order valence-corrected chi connectivity index (χ2v) is 3.07. The highest BCUT2D eigenvalue weighted by Crippen LogP contribution is 1.90. The maximum Gasteiger partial charge on any atom is 0.0816 e. The van der Waals surface area contributed by atoms with E-state index >= 15 is 0 Å². The lowest BCUT2D eigenvalue weighted by molar-refractivity contribution is 0.404. The van der Waals surface area contributed by atoms with Crippen molar-refractivity contribution >= 4 is 12.6 Å². The van der Waals surface area contributed by atoms with Crippen molar-refractivity contribution in [3.05, 3.63) is 0 Å². The Balaban J connectivity index is 2.28. The van der Waals surface area contributed by atoms with Gasteiger partial charge in [-0.25, -0.2) is 0 Å².